The Balaban J connectivity index is 2.17. The highest BCUT2D eigenvalue weighted by atomic mass is 79.9. The molecule has 24 heavy (non-hydrogen) atoms. The average molecular weight is 410 g/mol. The Morgan fingerprint density at radius 1 is 1.25 bits per heavy atom. The molecule has 0 atom stereocenters. The van der Waals surface area contributed by atoms with E-state index >= 15 is 0 Å². The van der Waals surface area contributed by atoms with Gasteiger partial charge in [0.1, 0.15) is 5.03 Å². The van der Waals surface area contributed by atoms with E-state index in [2.05, 4.69) is 20.9 Å². The van der Waals surface area contributed by atoms with Crippen LogP contribution in [-0.4, -0.2) is 28.4 Å². The summed E-state index contributed by atoms with van der Waals surface area (Å²) in [7, 11) is 0. The molecule has 126 valence electrons. The predicted molar refractivity (Wildman–Crippen MR) is 94.4 cm³/mol. The summed E-state index contributed by atoms with van der Waals surface area (Å²) >= 11 is 4.61. The molecule has 1 heterocycles. The largest absolute Gasteiger partial charge is 0.504 e. The van der Waals surface area contributed by atoms with Crippen LogP contribution in [0, 0.1) is 0 Å². The van der Waals surface area contributed by atoms with E-state index in [0.29, 0.717) is 9.50 Å². The van der Waals surface area contributed by atoms with Crippen LogP contribution >= 0.6 is 27.7 Å². The number of carbonyl (C=O) groups is 2. The van der Waals surface area contributed by atoms with Crippen LogP contribution in [0.4, 0.5) is 0 Å². The second-order valence-electron chi connectivity index (χ2n) is 4.78. The molecular weight excluding hydrogens is 394 g/mol. The van der Waals surface area contributed by atoms with Gasteiger partial charge in [0.25, 0.3) is 0 Å². The van der Waals surface area contributed by atoms with E-state index in [0.717, 1.165) is 4.90 Å². The molecule has 0 radical (unpaired) electrons. The van der Waals surface area contributed by atoms with Crippen molar-refractivity contribution in [2.45, 2.75) is 29.7 Å². The third-order valence-corrected chi connectivity index (χ3v) is 4.54. The highest BCUT2D eigenvalue weighted by Crippen LogP contribution is 2.34. The van der Waals surface area contributed by atoms with E-state index < -0.39 is 11.8 Å². The third-order valence-electron chi connectivity index (χ3n) is 3.01. The lowest BCUT2D eigenvalue weighted by molar-refractivity contribution is -0.143. The molecule has 0 fully saturated rings. The number of pyridine rings is 1. The quantitative estimate of drug-likeness (QED) is 0.544. The second kappa shape index (κ2) is 8.84. The molecule has 1 aromatic carbocycles. The van der Waals surface area contributed by atoms with Gasteiger partial charge in [0.05, 0.1) is 17.5 Å². The monoisotopic (exact) mass is 409 g/mol. The van der Waals surface area contributed by atoms with E-state index in [-0.39, 0.29) is 30.9 Å². The molecule has 1 aromatic heterocycles. The Bertz CT molecular complexity index is 737. The van der Waals surface area contributed by atoms with Crippen LogP contribution in [0.2, 0.25) is 0 Å². The maximum absolute atomic E-state index is 12.3. The molecule has 0 aliphatic carbocycles. The number of rotatable bonds is 7. The first-order valence-electron chi connectivity index (χ1n) is 7.32. The fourth-order valence-electron chi connectivity index (χ4n) is 1.91. The van der Waals surface area contributed by atoms with Crippen molar-refractivity contribution < 1.29 is 19.4 Å². The summed E-state index contributed by atoms with van der Waals surface area (Å²) in [5, 5.41) is 10.6. The van der Waals surface area contributed by atoms with Crippen molar-refractivity contribution in [3.63, 3.8) is 0 Å². The summed E-state index contributed by atoms with van der Waals surface area (Å²) in [6, 6.07) is 11.2. The minimum absolute atomic E-state index is 0.0402. The fourth-order valence-corrected chi connectivity index (χ4v) is 3.31. The Morgan fingerprint density at radius 2 is 1.96 bits per heavy atom. The molecular formula is C17H16BrNO4S. The molecule has 2 rings (SSSR count). The molecule has 0 spiro atoms. The first-order valence-corrected chi connectivity index (χ1v) is 8.93. The van der Waals surface area contributed by atoms with E-state index in [1.165, 1.54) is 11.8 Å². The topological polar surface area (TPSA) is 76.5 Å². The summed E-state index contributed by atoms with van der Waals surface area (Å²) < 4.78 is 5.18. The van der Waals surface area contributed by atoms with Crippen molar-refractivity contribution >= 4 is 39.4 Å². The lowest BCUT2D eigenvalue weighted by atomic mass is 10.1. The van der Waals surface area contributed by atoms with Crippen molar-refractivity contribution in [2.24, 2.45) is 0 Å². The smallest absolute Gasteiger partial charge is 0.306 e. The number of ether oxygens (including phenoxy) is 1. The van der Waals surface area contributed by atoms with Crippen LogP contribution in [0.1, 0.15) is 30.3 Å². The molecule has 0 saturated heterocycles. The normalized spacial score (nSPS) is 10.4. The summed E-state index contributed by atoms with van der Waals surface area (Å²) in [5.74, 6) is -1.07. The van der Waals surface area contributed by atoms with Gasteiger partial charge in [0.2, 0.25) is 0 Å². The second-order valence-corrected chi connectivity index (χ2v) is 6.73. The lowest BCUT2D eigenvalue weighted by Crippen LogP contribution is -2.09. The summed E-state index contributed by atoms with van der Waals surface area (Å²) in [4.78, 5) is 28.8. The summed E-state index contributed by atoms with van der Waals surface area (Å²) in [6.07, 6.45) is -0.104. The number of esters is 1. The van der Waals surface area contributed by atoms with Crippen LogP contribution in [0.3, 0.4) is 0 Å². The van der Waals surface area contributed by atoms with Crippen LogP contribution in [0.15, 0.2) is 50.8 Å². The zero-order chi connectivity index (χ0) is 17.5. The number of aromatic nitrogens is 1. The number of ketones is 1. The Morgan fingerprint density at radius 3 is 2.62 bits per heavy atom. The van der Waals surface area contributed by atoms with Crippen molar-refractivity contribution in [1.29, 1.82) is 0 Å². The van der Waals surface area contributed by atoms with E-state index in [1.54, 1.807) is 13.0 Å². The Hall–Kier alpha value is -1.86. The van der Waals surface area contributed by atoms with Crippen molar-refractivity contribution in [2.75, 3.05) is 6.61 Å². The Labute approximate surface area is 152 Å². The number of benzene rings is 1. The molecule has 5 nitrogen and oxygen atoms in total. The lowest BCUT2D eigenvalue weighted by Gasteiger charge is -2.08. The van der Waals surface area contributed by atoms with Gasteiger partial charge < -0.3 is 9.84 Å². The number of nitrogens with zero attached hydrogens (tertiary/aromatic N) is 1. The summed E-state index contributed by atoms with van der Waals surface area (Å²) in [5.41, 5.74) is -0.0490. The van der Waals surface area contributed by atoms with Gasteiger partial charge in [0, 0.05) is 11.3 Å². The zero-order valence-corrected chi connectivity index (χ0v) is 15.4. The first-order chi connectivity index (χ1) is 11.5. The fraction of sp³-hybridized carbons (Fsp3) is 0.235. The minimum Gasteiger partial charge on any atom is -0.504 e. The molecule has 0 aliphatic rings. The highest BCUT2D eigenvalue weighted by Gasteiger charge is 2.19. The van der Waals surface area contributed by atoms with Gasteiger partial charge in [-0.25, -0.2) is 4.98 Å². The molecule has 0 unspecified atom stereocenters. The van der Waals surface area contributed by atoms with Crippen molar-refractivity contribution in [1.82, 2.24) is 4.98 Å². The van der Waals surface area contributed by atoms with Gasteiger partial charge in [-0.15, -0.1) is 0 Å². The van der Waals surface area contributed by atoms with Gasteiger partial charge in [-0.1, -0.05) is 30.0 Å². The third kappa shape index (κ3) is 5.07. The molecule has 0 aliphatic heterocycles. The SMILES string of the molecule is CCOC(=O)CCC(=O)c1nc(Sc2ccccc2)cc(Br)c1O. The van der Waals surface area contributed by atoms with Gasteiger partial charge >= 0.3 is 5.97 Å². The van der Waals surface area contributed by atoms with Gasteiger partial charge in [0.15, 0.2) is 17.2 Å². The van der Waals surface area contributed by atoms with Crippen LogP contribution in [-0.2, 0) is 9.53 Å². The highest BCUT2D eigenvalue weighted by molar-refractivity contribution is 9.10. The maximum atomic E-state index is 12.3. The number of hydrogen-bond donors (Lipinski definition) is 1. The van der Waals surface area contributed by atoms with Crippen molar-refractivity contribution in [3.05, 3.63) is 46.6 Å². The van der Waals surface area contributed by atoms with E-state index in [1.807, 2.05) is 30.3 Å². The molecule has 7 heteroatoms. The first kappa shape index (κ1) is 18.5. The van der Waals surface area contributed by atoms with E-state index in [4.69, 9.17) is 4.74 Å². The number of halogens is 1. The van der Waals surface area contributed by atoms with E-state index in [9.17, 15) is 14.7 Å². The standard InChI is InChI=1S/C17H16BrNO4S/c1-2-23-15(21)9-8-13(20)16-17(22)12(18)10-14(19-16)24-11-6-4-3-5-7-11/h3-7,10,22H,2,8-9H2,1H3. The minimum atomic E-state index is -0.445. The number of carbonyl (C=O) groups excluding carboxylic acids is 2. The molecule has 0 bridgehead atoms. The molecule has 2 aromatic rings. The van der Waals surface area contributed by atoms with Gasteiger partial charge in [-0.3, -0.25) is 9.59 Å². The number of Topliss-reactive ketones (excluding diaryl/α,β-unsaturated/α-hetero) is 1. The van der Waals surface area contributed by atoms with Gasteiger partial charge in [-0.05, 0) is 41.1 Å². The zero-order valence-electron chi connectivity index (χ0n) is 13.0. The van der Waals surface area contributed by atoms with Crippen LogP contribution in [0.5, 0.6) is 5.75 Å². The molecule has 1 N–H and O–H groups in total. The van der Waals surface area contributed by atoms with Crippen molar-refractivity contribution in [3.8, 4) is 5.75 Å². The molecule has 0 saturated carbocycles. The van der Waals surface area contributed by atoms with Crippen LogP contribution in [0.25, 0.3) is 0 Å². The predicted octanol–water partition coefficient (Wildman–Crippen LogP) is 4.23. The number of hydrogen-bond acceptors (Lipinski definition) is 6. The Kier molecular flexibility index (Phi) is 6.81. The van der Waals surface area contributed by atoms with Gasteiger partial charge in [-0.2, -0.15) is 0 Å². The number of aromatic hydroxyl groups is 1. The average Bonchev–Trinajstić information content (AvgIpc) is 2.57. The maximum Gasteiger partial charge on any atom is 0.306 e. The summed E-state index contributed by atoms with van der Waals surface area (Å²) in [6.45, 7) is 1.97. The molecule has 0 amide bonds. The van der Waals surface area contributed by atoms with Crippen LogP contribution < -0.4 is 0 Å².